The SMILES string of the molecule is CN(C)c1c(Cl)cccc1NC(=O)NC[C@H]1COCCO1. The fourth-order valence-corrected chi connectivity index (χ4v) is 2.44. The van der Waals surface area contributed by atoms with Gasteiger partial charge >= 0.3 is 6.03 Å². The van der Waals surface area contributed by atoms with Gasteiger partial charge in [-0.3, -0.25) is 0 Å². The quantitative estimate of drug-likeness (QED) is 0.892. The molecule has 2 rings (SSSR count). The van der Waals surface area contributed by atoms with Crippen molar-refractivity contribution in [1.29, 1.82) is 0 Å². The number of urea groups is 1. The normalized spacial score (nSPS) is 18.1. The summed E-state index contributed by atoms with van der Waals surface area (Å²) in [4.78, 5) is 13.8. The van der Waals surface area contributed by atoms with Gasteiger partial charge in [0.05, 0.1) is 42.3 Å². The maximum atomic E-state index is 12.0. The average Bonchev–Trinajstić information content (AvgIpc) is 2.46. The van der Waals surface area contributed by atoms with Crippen molar-refractivity contribution in [3.63, 3.8) is 0 Å². The van der Waals surface area contributed by atoms with Crippen molar-refractivity contribution in [2.24, 2.45) is 0 Å². The summed E-state index contributed by atoms with van der Waals surface area (Å²) in [7, 11) is 3.75. The third kappa shape index (κ3) is 4.49. The third-order valence-electron chi connectivity index (χ3n) is 3.06. The molecule has 1 aliphatic rings. The highest BCUT2D eigenvalue weighted by Crippen LogP contribution is 2.32. The standard InChI is InChI=1S/C14H20ClN3O3/c1-18(2)13-11(15)4-3-5-12(13)17-14(19)16-8-10-9-20-6-7-21-10/h3-5,10H,6-9H2,1-2H3,(H2,16,17,19)/t10-/m0/s1. The first-order chi connectivity index (χ1) is 10.1. The van der Waals surface area contributed by atoms with E-state index in [1.165, 1.54) is 0 Å². The van der Waals surface area contributed by atoms with Crippen molar-refractivity contribution in [2.45, 2.75) is 6.10 Å². The molecule has 0 bridgehead atoms. The summed E-state index contributed by atoms with van der Waals surface area (Å²) in [5.74, 6) is 0. The van der Waals surface area contributed by atoms with Crippen LogP contribution in [0.2, 0.25) is 5.02 Å². The Morgan fingerprint density at radius 2 is 2.24 bits per heavy atom. The van der Waals surface area contributed by atoms with Crippen LogP contribution in [0.5, 0.6) is 0 Å². The number of hydrogen-bond acceptors (Lipinski definition) is 4. The van der Waals surface area contributed by atoms with Crippen LogP contribution in [0.25, 0.3) is 0 Å². The van der Waals surface area contributed by atoms with Crippen LogP contribution in [-0.4, -0.2) is 52.6 Å². The van der Waals surface area contributed by atoms with E-state index in [9.17, 15) is 4.79 Å². The zero-order valence-corrected chi connectivity index (χ0v) is 12.9. The molecule has 1 aliphatic heterocycles. The second-order valence-corrected chi connectivity index (χ2v) is 5.34. The van der Waals surface area contributed by atoms with Crippen molar-refractivity contribution in [1.82, 2.24) is 5.32 Å². The molecule has 1 heterocycles. The van der Waals surface area contributed by atoms with Crippen LogP contribution >= 0.6 is 11.6 Å². The second-order valence-electron chi connectivity index (χ2n) is 4.93. The summed E-state index contributed by atoms with van der Waals surface area (Å²) in [5.41, 5.74) is 1.43. The van der Waals surface area contributed by atoms with E-state index in [0.717, 1.165) is 5.69 Å². The molecule has 2 N–H and O–H groups in total. The summed E-state index contributed by atoms with van der Waals surface area (Å²) in [5, 5.41) is 6.15. The molecule has 1 atom stereocenters. The molecule has 1 aromatic carbocycles. The monoisotopic (exact) mass is 313 g/mol. The molecule has 0 saturated carbocycles. The van der Waals surface area contributed by atoms with Gasteiger partial charge in [0.15, 0.2) is 0 Å². The first kappa shape index (κ1) is 15.9. The number of rotatable bonds is 4. The predicted octanol–water partition coefficient (Wildman–Crippen LogP) is 1.94. The van der Waals surface area contributed by atoms with Gasteiger partial charge in [0.2, 0.25) is 0 Å². The van der Waals surface area contributed by atoms with Crippen LogP contribution in [0, 0.1) is 0 Å². The number of benzene rings is 1. The van der Waals surface area contributed by atoms with Crippen molar-refractivity contribution in [3.05, 3.63) is 23.2 Å². The molecule has 2 amide bonds. The number of halogens is 1. The first-order valence-corrected chi connectivity index (χ1v) is 7.15. The van der Waals surface area contributed by atoms with Gasteiger partial charge in [-0.2, -0.15) is 0 Å². The Morgan fingerprint density at radius 1 is 1.43 bits per heavy atom. The number of hydrogen-bond donors (Lipinski definition) is 2. The van der Waals surface area contributed by atoms with Gasteiger partial charge in [0.25, 0.3) is 0 Å². The largest absolute Gasteiger partial charge is 0.376 e. The Morgan fingerprint density at radius 3 is 2.90 bits per heavy atom. The number of amides is 2. The number of carbonyl (C=O) groups is 1. The van der Waals surface area contributed by atoms with Gasteiger partial charge in [0.1, 0.15) is 0 Å². The summed E-state index contributed by atoms with van der Waals surface area (Å²) >= 11 is 6.16. The van der Waals surface area contributed by atoms with Crippen molar-refractivity contribution >= 4 is 29.0 Å². The molecule has 0 aromatic heterocycles. The van der Waals surface area contributed by atoms with E-state index in [2.05, 4.69) is 10.6 Å². The topological polar surface area (TPSA) is 62.8 Å². The molecular formula is C14H20ClN3O3. The lowest BCUT2D eigenvalue weighted by Crippen LogP contribution is -2.41. The molecule has 0 aliphatic carbocycles. The molecule has 6 nitrogen and oxygen atoms in total. The summed E-state index contributed by atoms with van der Waals surface area (Å²) in [6.07, 6.45) is -0.0998. The molecule has 0 spiro atoms. The van der Waals surface area contributed by atoms with Gasteiger partial charge in [-0.1, -0.05) is 17.7 Å². The highest BCUT2D eigenvalue weighted by Gasteiger charge is 2.16. The maximum Gasteiger partial charge on any atom is 0.319 e. The summed E-state index contributed by atoms with van der Waals surface area (Å²) in [6.45, 7) is 2.08. The van der Waals surface area contributed by atoms with Gasteiger partial charge in [-0.05, 0) is 12.1 Å². The lowest BCUT2D eigenvalue weighted by atomic mass is 10.2. The minimum absolute atomic E-state index is 0.0998. The van der Waals surface area contributed by atoms with Gasteiger partial charge in [-0.25, -0.2) is 4.79 Å². The van der Waals surface area contributed by atoms with E-state index >= 15 is 0 Å². The molecule has 7 heteroatoms. The fourth-order valence-electron chi connectivity index (χ4n) is 2.10. The zero-order valence-electron chi connectivity index (χ0n) is 12.2. The van der Waals surface area contributed by atoms with E-state index in [1.54, 1.807) is 18.2 Å². The van der Waals surface area contributed by atoms with Crippen LogP contribution in [0.1, 0.15) is 0 Å². The predicted molar refractivity (Wildman–Crippen MR) is 83.4 cm³/mol. The van der Waals surface area contributed by atoms with E-state index in [0.29, 0.717) is 37.1 Å². The van der Waals surface area contributed by atoms with Crippen LogP contribution in [0.3, 0.4) is 0 Å². The molecule has 21 heavy (non-hydrogen) atoms. The third-order valence-corrected chi connectivity index (χ3v) is 3.36. The molecule has 1 fully saturated rings. The Hall–Kier alpha value is -1.50. The number of nitrogens with one attached hydrogen (secondary N) is 2. The number of carbonyl (C=O) groups excluding carboxylic acids is 1. The van der Waals surface area contributed by atoms with Crippen molar-refractivity contribution < 1.29 is 14.3 Å². The Balaban J connectivity index is 1.91. The number of para-hydroxylation sites is 1. The molecular weight excluding hydrogens is 294 g/mol. The summed E-state index contributed by atoms with van der Waals surface area (Å²) in [6, 6.07) is 5.09. The molecule has 1 saturated heterocycles. The number of anilines is 2. The molecule has 116 valence electrons. The smallest absolute Gasteiger partial charge is 0.319 e. The van der Waals surface area contributed by atoms with E-state index < -0.39 is 0 Å². The lowest BCUT2D eigenvalue weighted by Gasteiger charge is -2.23. The Labute approximate surface area is 129 Å². The van der Waals surface area contributed by atoms with Crippen LogP contribution in [-0.2, 0) is 9.47 Å². The number of nitrogens with zero attached hydrogens (tertiary/aromatic N) is 1. The van der Waals surface area contributed by atoms with Gasteiger partial charge < -0.3 is 25.0 Å². The highest BCUT2D eigenvalue weighted by molar-refractivity contribution is 6.34. The lowest BCUT2D eigenvalue weighted by molar-refractivity contribution is -0.0852. The van der Waals surface area contributed by atoms with Crippen molar-refractivity contribution in [2.75, 3.05) is 50.7 Å². The Kier molecular flexibility index (Phi) is 5.67. The van der Waals surface area contributed by atoms with E-state index in [-0.39, 0.29) is 12.1 Å². The highest BCUT2D eigenvalue weighted by atomic mass is 35.5. The first-order valence-electron chi connectivity index (χ1n) is 6.78. The van der Waals surface area contributed by atoms with E-state index in [1.807, 2.05) is 19.0 Å². The van der Waals surface area contributed by atoms with Gasteiger partial charge in [-0.15, -0.1) is 0 Å². The summed E-state index contributed by atoms with van der Waals surface area (Å²) < 4.78 is 10.7. The van der Waals surface area contributed by atoms with E-state index in [4.69, 9.17) is 21.1 Å². The van der Waals surface area contributed by atoms with Crippen LogP contribution < -0.4 is 15.5 Å². The maximum absolute atomic E-state index is 12.0. The minimum atomic E-state index is -0.297. The average molecular weight is 314 g/mol. The molecule has 1 aromatic rings. The number of ether oxygens (including phenoxy) is 2. The zero-order chi connectivity index (χ0) is 15.2. The minimum Gasteiger partial charge on any atom is -0.376 e. The van der Waals surface area contributed by atoms with Crippen molar-refractivity contribution in [3.8, 4) is 0 Å². The fraction of sp³-hybridized carbons (Fsp3) is 0.500. The second kappa shape index (κ2) is 7.49. The molecule has 0 radical (unpaired) electrons. The van der Waals surface area contributed by atoms with Crippen LogP contribution in [0.15, 0.2) is 18.2 Å². The van der Waals surface area contributed by atoms with Gasteiger partial charge in [0, 0.05) is 20.6 Å². The van der Waals surface area contributed by atoms with Crippen LogP contribution in [0.4, 0.5) is 16.2 Å². The molecule has 0 unspecified atom stereocenters. The Bertz CT molecular complexity index is 490.